The van der Waals surface area contributed by atoms with E-state index in [1.54, 1.807) is 0 Å². The van der Waals surface area contributed by atoms with Crippen LogP contribution in [0.25, 0.3) is 0 Å². The van der Waals surface area contributed by atoms with Gasteiger partial charge in [0.2, 0.25) is 5.82 Å². The fourth-order valence-corrected chi connectivity index (χ4v) is 0.0757. The molecule has 0 heterocycles. The molecule has 0 radical (unpaired) electrons. The molecule has 0 aromatic carbocycles. The molecule has 0 aliphatic rings. The van der Waals surface area contributed by atoms with Crippen molar-refractivity contribution in [2.24, 2.45) is 11.6 Å². The number of nitrogens with one attached hydrogen (secondary N) is 1. The molecule has 1 atom stereocenters. The molecular weight excluding hydrogens is 98.0 g/mol. The second kappa shape index (κ2) is 2.54. The summed E-state index contributed by atoms with van der Waals surface area (Å²) in [6.45, 7) is 3.05. The first-order chi connectivity index (χ1) is 3.18. The standard InChI is InChI=1S/C2H7N3O2/c1-2(3)5(6)7-4/h5H,1,3-4H2. The molecule has 0 rings (SSSR count). The van der Waals surface area contributed by atoms with Gasteiger partial charge in [-0.25, -0.2) is 0 Å². The lowest BCUT2D eigenvalue weighted by Gasteiger charge is -2.12. The maximum absolute atomic E-state index is 9.94. The first-order valence-corrected chi connectivity index (χ1v) is 1.54. The molecule has 0 aromatic rings. The first kappa shape index (κ1) is 6.38. The van der Waals surface area contributed by atoms with E-state index in [1.807, 2.05) is 0 Å². The topological polar surface area (TPSA) is 88.8 Å². The van der Waals surface area contributed by atoms with Crippen LogP contribution in [0.15, 0.2) is 12.4 Å². The van der Waals surface area contributed by atoms with Gasteiger partial charge in [-0.1, -0.05) is 0 Å². The molecule has 5 heteroatoms. The Morgan fingerprint density at radius 1 is 1.86 bits per heavy atom. The molecule has 0 aromatic heterocycles. The van der Waals surface area contributed by atoms with Crippen molar-refractivity contribution in [1.82, 2.24) is 0 Å². The summed E-state index contributed by atoms with van der Waals surface area (Å²) in [5.41, 5.74) is 4.80. The van der Waals surface area contributed by atoms with E-state index in [4.69, 9.17) is 5.73 Å². The largest absolute Gasteiger partial charge is 0.592 e. The van der Waals surface area contributed by atoms with Crippen LogP contribution in [0.3, 0.4) is 0 Å². The van der Waals surface area contributed by atoms with E-state index < -0.39 is 5.23 Å². The fraction of sp³-hybridized carbons (Fsp3) is 0. The van der Waals surface area contributed by atoms with Gasteiger partial charge in [-0.3, -0.25) is 0 Å². The molecule has 0 spiro atoms. The van der Waals surface area contributed by atoms with Crippen molar-refractivity contribution in [3.8, 4) is 0 Å². The maximum Gasteiger partial charge on any atom is 0.224 e. The van der Waals surface area contributed by atoms with E-state index in [0.29, 0.717) is 0 Å². The van der Waals surface area contributed by atoms with E-state index in [9.17, 15) is 5.21 Å². The zero-order chi connectivity index (χ0) is 5.86. The highest BCUT2D eigenvalue weighted by molar-refractivity contribution is 4.65. The Labute approximate surface area is 40.6 Å². The predicted molar refractivity (Wildman–Crippen MR) is 22.9 cm³/mol. The van der Waals surface area contributed by atoms with Gasteiger partial charge >= 0.3 is 0 Å². The minimum Gasteiger partial charge on any atom is -0.592 e. The Bertz CT molecular complexity index is 73.3. The van der Waals surface area contributed by atoms with Gasteiger partial charge in [-0.2, -0.15) is 11.1 Å². The van der Waals surface area contributed by atoms with Gasteiger partial charge in [0.25, 0.3) is 0 Å². The second-order valence-corrected chi connectivity index (χ2v) is 0.931. The van der Waals surface area contributed by atoms with Crippen molar-refractivity contribution >= 4 is 0 Å². The molecule has 42 valence electrons. The number of rotatable bonds is 2. The monoisotopic (exact) mass is 105 g/mol. The molecule has 0 aliphatic carbocycles. The third-order valence-electron chi connectivity index (χ3n) is 0.369. The summed E-state index contributed by atoms with van der Waals surface area (Å²) in [7, 11) is 0. The van der Waals surface area contributed by atoms with Crippen LogP contribution in [-0.2, 0) is 4.94 Å². The van der Waals surface area contributed by atoms with Crippen LogP contribution in [0, 0.1) is 5.21 Å². The van der Waals surface area contributed by atoms with Gasteiger partial charge in [-0.05, 0) is 6.58 Å². The lowest BCUT2D eigenvalue weighted by Crippen LogP contribution is -3.06. The molecule has 0 fully saturated rings. The summed E-state index contributed by atoms with van der Waals surface area (Å²) < 4.78 is 0. The number of hydrogen-bond donors (Lipinski definition) is 3. The molecule has 7 heavy (non-hydrogen) atoms. The Hall–Kier alpha value is -0.620. The molecule has 1 unspecified atom stereocenters. The average Bonchev–Trinajstić information content (AvgIpc) is 1.65. The van der Waals surface area contributed by atoms with E-state index in [1.165, 1.54) is 0 Å². The average molecular weight is 105 g/mol. The Morgan fingerprint density at radius 3 is 2.29 bits per heavy atom. The van der Waals surface area contributed by atoms with Crippen molar-refractivity contribution in [1.29, 1.82) is 0 Å². The number of nitrogens with two attached hydrogens (primary N) is 2. The molecule has 5 nitrogen and oxygen atoms in total. The van der Waals surface area contributed by atoms with Gasteiger partial charge in [0.05, 0.1) is 0 Å². The smallest absolute Gasteiger partial charge is 0.224 e. The Kier molecular flexibility index (Phi) is 2.31. The zero-order valence-electron chi connectivity index (χ0n) is 3.68. The van der Waals surface area contributed by atoms with Crippen LogP contribution < -0.4 is 16.9 Å². The van der Waals surface area contributed by atoms with Crippen LogP contribution in [0.2, 0.25) is 0 Å². The van der Waals surface area contributed by atoms with Crippen LogP contribution in [0.4, 0.5) is 0 Å². The lowest BCUT2D eigenvalue weighted by molar-refractivity contribution is -1.02. The van der Waals surface area contributed by atoms with Crippen molar-refractivity contribution in [2.45, 2.75) is 0 Å². The predicted octanol–water partition coefficient (Wildman–Crippen LogP) is -2.40. The first-order valence-electron chi connectivity index (χ1n) is 1.54. The van der Waals surface area contributed by atoms with E-state index in [-0.39, 0.29) is 5.82 Å². The van der Waals surface area contributed by atoms with Crippen LogP contribution in [-0.4, -0.2) is 0 Å². The van der Waals surface area contributed by atoms with E-state index in [2.05, 4.69) is 17.4 Å². The molecular formula is C2H7N3O2. The quantitative estimate of drug-likeness (QED) is 0.342. The second-order valence-electron chi connectivity index (χ2n) is 0.931. The normalized spacial score (nSPS) is 13.4. The van der Waals surface area contributed by atoms with Gasteiger partial charge in [0.15, 0.2) is 0 Å². The summed E-state index contributed by atoms with van der Waals surface area (Å²) in [5.74, 6) is 4.19. The summed E-state index contributed by atoms with van der Waals surface area (Å²) in [5, 5.41) is 9.15. The minimum atomic E-state index is -0.792. The molecule has 0 bridgehead atoms. The van der Waals surface area contributed by atoms with Gasteiger partial charge in [-0.15, -0.1) is 4.94 Å². The highest BCUT2D eigenvalue weighted by Gasteiger charge is 1.91. The molecule has 0 saturated carbocycles. The molecule has 0 saturated heterocycles. The lowest BCUT2D eigenvalue weighted by atomic mass is 10.9. The maximum atomic E-state index is 9.94. The summed E-state index contributed by atoms with van der Waals surface area (Å²) in [4.78, 5) is 3.65. The summed E-state index contributed by atoms with van der Waals surface area (Å²) >= 11 is 0. The highest BCUT2D eigenvalue weighted by atomic mass is 16.9. The van der Waals surface area contributed by atoms with Crippen molar-refractivity contribution in [3.05, 3.63) is 17.6 Å². The van der Waals surface area contributed by atoms with Crippen molar-refractivity contribution in [2.75, 3.05) is 0 Å². The van der Waals surface area contributed by atoms with Crippen molar-refractivity contribution < 1.29 is 10.2 Å². The minimum absolute atomic E-state index is 0.192. The molecule has 0 aliphatic heterocycles. The Morgan fingerprint density at radius 2 is 2.29 bits per heavy atom. The molecule has 5 N–H and O–H groups in total. The van der Waals surface area contributed by atoms with E-state index >= 15 is 0 Å². The number of hydrogen-bond acceptors (Lipinski definition) is 4. The van der Waals surface area contributed by atoms with Crippen LogP contribution in [0.5, 0.6) is 0 Å². The summed E-state index contributed by atoms with van der Waals surface area (Å²) in [6.07, 6.45) is 0. The van der Waals surface area contributed by atoms with Gasteiger partial charge in [0, 0.05) is 0 Å². The number of hydroxylamine groups is 2. The fourth-order valence-electron chi connectivity index (χ4n) is 0.0757. The third-order valence-corrected chi connectivity index (χ3v) is 0.369. The SMILES string of the molecule is C=C(N)[NH+]([O-])ON. The zero-order valence-corrected chi connectivity index (χ0v) is 3.68. The summed E-state index contributed by atoms with van der Waals surface area (Å²) in [6, 6.07) is 0. The third kappa shape index (κ3) is 2.12. The van der Waals surface area contributed by atoms with Crippen molar-refractivity contribution in [3.63, 3.8) is 0 Å². The van der Waals surface area contributed by atoms with E-state index in [0.717, 1.165) is 0 Å². The number of quaternary nitrogens is 1. The molecule has 0 amide bonds. The van der Waals surface area contributed by atoms with Gasteiger partial charge < -0.3 is 10.9 Å². The Balaban J connectivity index is 3.34. The van der Waals surface area contributed by atoms with Crippen LogP contribution in [0.1, 0.15) is 0 Å². The highest BCUT2D eigenvalue weighted by Crippen LogP contribution is 1.48. The van der Waals surface area contributed by atoms with Gasteiger partial charge in [0.1, 0.15) is 0 Å². The van der Waals surface area contributed by atoms with Crippen LogP contribution >= 0.6 is 0 Å².